The molecule has 31 heavy (non-hydrogen) atoms. The van der Waals surface area contributed by atoms with Gasteiger partial charge in [-0.25, -0.2) is 13.6 Å². The lowest BCUT2D eigenvalue weighted by Crippen LogP contribution is -2.47. The van der Waals surface area contributed by atoms with Crippen molar-refractivity contribution in [3.8, 4) is 0 Å². The first-order chi connectivity index (χ1) is 14.6. The zero-order valence-electron chi connectivity index (χ0n) is 17.7. The van der Waals surface area contributed by atoms with E-state index >= 15 is 0 Å². The molecule has 1 heterocycles. The van der Waals surface area contributed by atoms with E-state index in [1.165, 1.54) is 24.3 Å². The Hall–Kier alpha value is -2.75. The Labute approximate surface area is 182 Å². The lowest BCUT2D eigenvalue weighted by atomic mass is 9.94. The average molecular weight is 445 g/mol. The van der Waals surface area contributed by atoms with Crippen LogP contribution in [0.1, 0.15) is 25.3 Å². The van der Waals surface area contributed by atoms with E-state index < -0.39 is 10.0 Å². The molecule has 1 aliphatic heterocycles. The minimum absolute atomic E-state index is 0.00302. The van der Waals surface area contributed by atoms with Crippen LogP contribution in [0.5, 0.6) is 0 Å². The summed E-state index contributed by atoms with van der Waals surface area (Å²) in [7, 11) is -3.76. The first kappa shape index (κ1) is 22.9. The number of carbonyl (C=O) groups excluding carboxylic acids is 2. The highest BCUT2D eigenvalue weighted by atomic mass is 32.2. The molecule has 166 valence electrons. The number of nitrogens with two attached hydrogens (primary N) is 1. The van der Waals surface area contributed by atoms with Crippen molar-refractivity contribution >= 4 is 33.2 Å². The standard InChI is InChI=1S/C22H28N4O4S/c1-15-4-3-5-19(14-15)25-21(27)16(2)26-12-10-17(11-13-26)22(28)24-18-6-8-20(9-7-18)31(23,29)30/h3-9,14,16-17H,10-13H2,1-2H3,(H,24,28)(H,25,27)(H2,23,29,30)/t16-/m1/s1. The second-order valence-electron chi connectivity index (χ2n) is 7.90. The molecule has 9 heteroatoms. The third-order valence-corrected chi connectivity index (χ3v) is 6.49. The summed E-state index contributed by atoms with van der Waals surface area (Å²) in [5.74, 6) is -0.343. The smallest absolute Gasteiger partial charge is 0.241 e. The van der Waals surface area contributed by atoms with Gasteiger partial charge in [0.25, 0.3) is 0 Å². The molecule has 1 fully saturated rings. The minimum Gasteiger partial charge on any atom is -0.326 e. The normalized spacial score (nSPS) is 16.5. The van der Waals surface area contributed by atoms with Crippen LogP contribution in [0, 0.1) is 12.8 Å². The van der Waals surface area contributed by atoms with Crippen LogP contribution in [0.2, 0.25) is 0 Å². The fourth-order valence-corrected chi connectivity index (χ4v) is 4.17. The van der Waals surface area contributed by atoms with E-state index in [1.807, 2.05) is 38.1 Å². The van der Waals surface area contributed by atoms with Crippen LogP contribution in [-0.4, -0.2) is 44.3 Å². The Morgan fingerprint density at radius 3 is 2.26 bits per heavy atom. The van der Waals surface area contributed by atoms with Crippen molar-refractivity contribution in [2.45, 2.75) is 37.6 Å². The lowest BCUT2D eigenvalue weighted by Gasteiger charge is -2.34. The number of carbonyl (C=O) groups is 2. The highest BCUT2D eigenvalue weighted by Crippen LogP contribution is 2.22. The molecule has 2 aromatic carbocycles. The Morgan fingerprint density at radius 1 is 1.03 bits per heavy atom. The highest BCUT2D eigenvalue weighted by molar-refractivity contribution is 7.89. The molecule has 0 radical (unpaired) electrons. The number of benzene rings is 2. The van der Waals surface area contributed by atoms with Crippen LogP contribution in [0.3, 0.4) is 0 Å². The molecule has 0 saturated carbocycles. The molecule has 2 aromatic rings. The van der Waals surface area contributed by atoms with E-state index in [0.29, 0.717) is 31.6 Å². The van der Waals surface area contributed by atoms with Crippen LogP contribution >= 0.6 is 0 Å². The van der Waals surface area contributed by atoms with Crippen LogP contribution in [-0.2, 0) is 19.6 Å². The molecule has 8 nitrogen and oxygen atoms in total. The highest BCUT2D eigenvalue weighted by Gasteiger charge is 2.30. The zero-order chi connectivity index (χ0) is 22.6. The van der Waals surface area contributed by atoms with E-state index in [-0.39, 0.29) is 28.7 Å². The van der Waals surface area contributed by atoms with Crippen molar-refractivity contribution < 1.29 is 18.0 Å². The van der Waals surface area contributed by atoms with Gasteiger partial charge in [-0.2, -0.15) is 0 Å². The molecule has 0 aliphatic carbocycles. The Morgan fingerprint density at radius 2 is 1.68 bits per heavy atom. The number of sulfonamides is 1. The maximum atomic E-state index is 12.6. The summed E-state index contributed by atoms with van der Waals surface area (Å²) in [6, 6.07) is 13.1. The molecule has 2 amide bonds. The summed E-state index contributed by atoms with van der Waals surface area (Å²) >= 11 is 0. The Kier molecular flexibility index (Phi) is 7.09. The number of hydrogen-bond donors (Lipinski definition) is 3. The third-order valence-electron chi connectivity index (χ3n) is 5.56. The van der Waals surface area contributed by atoms with Gasteiger partial charge in [-0.1, -0.05) is 12.1 Å². The van der Waals surface area contributed by atoms with Gasteiger partial charge in [0.05, 0.1) is 10.9 Å². The minimum atomic E-state index is -3.76. The van der Waals surface area contributed by atoms with Crippen LogP contribution in [0.4, 0.5) is 11.4 Å². The van der Waals surface area contributed by atoms with Gasteiger partial charge < -0.3 is 10.6 Å². The quantitative estimate of drug-likeness (QED) is 0.631. The van der Waals surface area contributed by atoms with E-state index in [9.17, 15) is 18.0 Å². The number of likely N-dealkylation sites (tertiary alicyclic amines) is 1. The number of rotatable bonds is 6. The van der Waals surface area contributed by atoms with Gasteiger partial charge in [0.2, 0.25) is 21.8 Å². The van der Waals surface area contributed by atoms with Crippen molar-refractivity contribution in [1.29, 1.82) is 0 Å². The fourth-order valence-electron chi connectivity index (χ4n) is 3.66. The molecule has 3 rings (SSSR count). The summed E-state index contributed by atoms with van der Waals surface area (Å²) in [5.41, 5.74) is 2.38. The molecular formula is C22H28N4O4S. The third kappa shape index (κ3) is 6.13. The molecule has 0 spiro atoms. The number of nitrogens with zero attached hydrogens (tertiary/aromatic N) is 1. The molecule has 1 aliphatic rings. The van der Waals surface area contributed by atoms with Crippen molar-refractivity contribution in [2.75, 3.05) is 23.7 Å². The van der Waals surface area contributed by atoms with Gasteiger partial charge in [0, 0.05) is 17.3 Å². The SMILES string of the molecule is Cc1cccc(NC(=O)[C@@H](C)N2CCC(C(=O)Nc3ccc(S(N)(=O)=O)cc3)CC2)c1. The average Bonchev–Trinajstić information content (AvgIpc) is 2.73. The maximum absolute atomic E-state index is 12.6. The molecule has 1 atom stereocenters. The maximum Gasteiger partial charge on any atom is 0.241 e. The summed E-state index contributed by atoms with van der Waals surface area (Å²) in [6.07, 6.45) is 1.28. The first-order valence-electron chi connectivity index (χ1n) is 10.2. The summed E-state index contributed by atoms with van der Waals surface area (Å²) in [5, 5.41) is 10.9. The van der Waals surface area contributed by atoms with Crippen molar-refractivity contribution in [3.05, 3.63) is 54.1 Å². The fraction of sp³-hybridized carbons (Fsp3) is 0.364. The topological polar surface area (TPSA) is 122 Å². The van der Waals surface area contributed by atoms with Gasteiger partial charge in [-0.05, 0) is 81.7 Å². The van der Waals surface area contributed by atoms with E-state index in [0.717, 1.165) is 11.3 Å². The number of piperidine rings is 1. The number of hydrogen-bond acceptors (Lipinski definition) is 5. The predicted molar refractivity (Wildman–Crippen MR) is 120 cm³/mol. The Balaban J connectivity index is 1.50. The zero-order valence-corrected chi connectivity index (χ0v) is 18.5. The summed E-state index contributed by atoms with van der Waals surface area (Å²) < 4.78 is 22.6. The van der Waals surface area contributed by atoms with Crippen LogP contribution < -0.4 is 15.8 Å². The van der Waals surface area contributed by atoms with Crippen molar-refractivity contribution in [1.82, 2.24) is 4.90 Å². The van der Waals surface area contributed by atoms with Gasteiger partial charge in [0.1, 0.15) is 0 Å². The van der Waals surface area contributed by atoms with Crippen LogP contribution in [0.25, 0.3) is 0 Å². The van der Waals surface area contributed by atoms with Crippen molar-refractivity contribution in [3.63, 3.8) is 0 Å². The predicted octanol–water partition coefficient (Wildman–Crippen LogP) is 2.32. The molecule has 0 bridgehead atoms. The lowest BCUT2D eigenvalue weighted by molar-refractivity contribution is -0.123. The molecule has 4 N–H and O–H groups in total. The number of amides is 2. The van der Waals surface area contributed by atoms with Gasteiger partial charge in [0.15, 0.2) is 0 Å². The number of primary sulfonamides is 1. The van der Waals surface area contributed by atoms with Gasteiger partial charge in [-0.3, -0.25) is 14.5 Å². The summed E-state index contributed by atoms with van der Waals surface area (Å²) in [4.78, 5) is 27.3. The first-order valence-corrected chi connectivity index (χ1v) is 11.7. The number of nitrogens with one attached hydrogen (secondary N) is 2. The number of aryl methyl sites for hydroxylation is 1. The van der Waals surface area contributed by atoms with E-state index in [4.69, 9.17) is 5.14 Å². The second-order valence-corrected chi connectivity index (χ2v) is 9.47. The van der Waals surface area contributed by atoms with Crippen molar-refractivity contribution in [2.24, 2.45) is 11.1 Å². The van der Waals surface area contributed by atoms with E-state index in [1.54, 1.807) is 0 Å². The largest absolute Gasteiger partial charge is 0.326 e. The molecule has 0 unspecified atom stereocenters. The van der Waals surface area contributed by atoms with Crippen LogP contribution in [0.15, 0.2) is 53.4 Å². The molecule has 0 aromatic heterocycles. The van der Waals surface area contributed by atoms with E-state index in [2.05, 4.69) is 15.5 Å². The molecule has 1 saturated heterocycles. The number of anilines is 2. The van der Waals surface area contributed by atoms with Gasteiger partial charge in [-0.15, -0.1) is 0 Å². The monoisotopic (exact) mass is 444 g/mol. The molecular weight excluding hydrogens is 416 g/mol. The van der Waals surface area contributed by atoms with Gasteiger partial charge >= 0.3 is 0 Å². The second kappa shape index (κ2) is 9.59. The summed E-state index contributed by atoms with van der Waals surface area (Å²) in [6.45, 7) is 5.14. The Bertz CT molecular complexity index is 1050.